The second kappa shape index (κ2) is 6.13. The molecule has 0 aliphatic carbocycles. The second-order valence-electron chi connectivity index (χ2n) is 4.39. The molecule has 0 heterocycles. The molecule has 2 aromatic carbocycles. The Morgan fingerprint density at radius 2 is 1.76 bits per heavy atom. The summed E-state index contributed by atoms with van der Waals surface area (Å²) in [5.74, 6) is -0.865. The lowest BCUT2D eigenvalue weighted by molar-refractivity contribution is -0.274. The van der Waals surface area contributed by atoms with Gasteiger partial charge in [-0.15, -0.1) is 13.2 Å². The van der Waals surface area contributed by atoms with Gasteiger partial charge >= 0.3 is 6.36 Å². The Morgan fingerprint density at radius 3 is 2.38 bits per heavy atom. The highest BCUT2D eigenvalue weighted by Crippen LogP contribution is 2.34. The minimum atomic E-state index is -4.80. The zero-order valence-electron chi connectivity index (χ0n) is 11.0. The van der Waals surface area contributed by atoms with E-state index in [1.807, 2.05) is 0 Å². The van der Waals surface area contributed by atoms with Gasteiger partial charge in [-0.25, -0.2) is 4.39 Å². The maximum absolute atomic E-state index is 13.9. The number of alkyl halides is 3. The number of halogens is 4. The van der Waals surface area contributed by atoms with Gasteiger partial charge in [-0.3, -0.25) is 0 Å². The molecule has 0 aliphatic heterocycles. The van der Waals surface area contributed by atoms with Crippen molar-refractivity contribution in [3.05, 3.63) is 53.8 Å². The van der Waals surface area contributed by atoms with Crippen molar-refractivity contribution in [2.24, 2.45) is 5.73 Å². The van der Waals surface area contributed by atoms with Crippen molar-refractivity contribution in [3.63, 3.8) is 0 Å². The molecular weight excluding hydrogens is 286 g/mol. The Balaban J connectivity index is 2.40. The summed E-state index contributed by atoms with van der Waals surface area (Å²) < 4.78 is 54.9. The van der Waals surface area contributed by atoms with Gasteiger partial charge < -0.3 is 10.5 Å². The molecule has 2 nitrogen and oxygen atoms in total. The van der Waals surface area contributed by atoms with Crippen molar-refractivity contribution in [1.29, 1.82) is 0 Å². The number of rotatable bonds is 4. The average Bonchev–Trinajstić information content (AvgIpc) is 2.40. The second-order valence-corrected chi connectivity index (χ2v) is 4.39. The Hall–Kier alpha value is -2.08. The van der Waals surface area contributed by atoms with Crippen molar-refractivity contribution in [3.8, 4) is 16.9 Å². The van der Waals surface area contributed by atoms with Crippen molar-refractivity contribution < 1.29 is 22.3 Å². The van der Waals surface area contributed by atoms with Gasteiger partial charge in [0.25, 0.3) is 0 Å². The number of ether oxygens (including phenoxy) is 1. The topological polar surface area (TPSA) is 35.2 Å². The van der Waals surface area contributed by atoms with E-state index < -0.39 is 12.2 Å². The van der Waals surface area contributed by atoms with E-state index in [-0.39, 0.29) is 11.3 Å². The molecule has 0 spiro atoms. The lowest BCUT2D eigenvalue weighted by Crippen LogP contribution is -2.17. The standard InChI is InChI=1S/C15H13F4NO/c16-13-9-11(6-5-10(13)7-8-20)12-3-1-2-4-14(12)21-15(17,18)19/h1-6,9H,7-8,20H2. The third kappa shape index (κ3) is 3.95. The van der Waals surface area contributed by atoms with Crippen LogP contribution in [-0.4, -0.2) is 12.9 Å². The largest absolute Gasteiger partial charge is 0.573 e. The molecule has 2 N–H and O–H groups in total. The van der Waals surface area contributed by atoms with E-state index in [4.69, 9.17) is 5.73 Å². The maximum Gasteiger partial charge on any atom is 0.573 e. The molecule has 0 amide bonds. The molecule has 21 heavy (non-hydrogen) atoms. The summed E-state index contributed by atoms with van der Waals surface area (Å²) in [6.07, 6.45) is -4.43. The minimum absolute atomic E-state index is 0.174. The van der Waals surface area contributed by atoms with Crippen LogP contribution < -0.4 is 10.5 Å². The summed E-state index contributed by atoms with van der Waals surface area (Å²) in [5.41, 5.74) is 6.27. The Morgan fingerprint density at radius 1 is 1.05 bits per heavy atom. The van der Waals surface area contributed by atoms with Crippen LogP contribution in [0.3, 0.4) is 0 Å². The summed E-state index contributed by atoms with van der Waals surface area (Å²) in [4.78, 5) is 0. The predicted octanol–water partition coefficient (Wildman–Crippen LogP) is 3.89. The fraction of sp³-hybridized carbons (Fsp3) is 0.200. The molecule has 0 radical (unpaired) electrons. The van der Waals surface area contributed by atoms with Gasteiger partial charge in [-0.2, -0.15) is 0 Å². The summed E-state index contributed by atoms with van der Waals surface area (Å²) in [5, 5.41) is 0. The normalized spacial score (nSPS) is 11.5. The highest BCUT2D eigenvalue weighted by molar-refractivity contribution is 5.70. The highest BCUT2D eigenvalue weighted by atomic mass is 19.4. The summed E-state index contributed by atoms with van der Waals surface area (Å²) >= 11 is 0. The first kappa shape index (κ1) is 15.3. The van der Waals surface area contributed by atoms with E-state index in [0.717, 1.165) is 0 Å². The summed E-state index contributed by atoms with van der Waals surface area (Å²) in [6, 6.07) is 9.86. The molecule has 0 atom stereocenters. The molecule has 0 aromatic heterocycles. The lowest BCUT2D eigenvalue weighted by Gasteiger charge is -2.13. The van der Waals surface area contributed by atoms with Crippen LogP contribution in [0.5, 0.6) is 5.75 Å². The van der Waals surface area contributed by atoms with Gasteiger partial charge in [0, 0.05) is 5.56 Å². The molecule has 2 aromatic rings. The smallest absolute Gasteiger partial charge is 0.405 e. The first-order valence-electron chi connectivity index (χ1n) is 6.24. The van der Waals surface area contributed by atoms with Crippen LogP contribution in [0.25, 0.3) is 11.1 Å². The SMILES string of the molecule is NCCc1ccc(-c2ccccc2OC(F)(F)F)cc1F. The van der Waals surface area contributed by atoms with Crippen molar-refractivity contribution in [1.82, 2.24) is 0 Å². The molecule has 0 bridgehead atoms. The fourth-order valence-corrected chi connectivity index (χ4v) is 1.99. The molecule has 0 aliphatic rings. The number of benzene rings is 2. The van der Waals surface area contributed by atoms with Crippen LogP contribution in [0.1, 0.15) is 5.56 Å². The zero-order chi connectivity index (χ0) is 15.5. The summed E-state index contributed by atoms with van der Waals surface area (Å²) in [7, 11) is 0. The van der Waals surface area contributed by atoms with Crippen molar-refractivity contribution >= 4 is 0 Å². The monoisotopic (exact) mass is 299 g/mol. The Labute approximate surface area is 119 Å². The van der Waals surface area contributed by atoms with E-state index in [9.17, 15) is 17.6 Å². The van der Waals surface area contributed by atoms with Crippen LogP contribution >= 0.6 is 0 Å². The van der Waals surface area contributed by atoms with E-state index in [0.29, 0.717) is 24.1 Å². The van der Waals surface area contributed by atoms with E-state index in [2.05, 4.69) is 4.74 Å². The fourth-order valence-electron chi connectivity index (χ4n) is 1.99. The van der Waals surface area contributed by atoms with Crippen LogP contribution in [-0.2, 0) is 6.42 Å². The number of hydrogen-bond acceptors (Lipinski definition) is 2. The zero-order valence-corrected chi connectivity index (χ0v) is 11.0. The van der Waals surface area contributed by atoms with Crippen molar-refractivity contribution in [2.45, 2.75) is 12.8 Å². The number of nitrogens with two attached hydrogens (primary N) is 1. The van der Waals surface area contributed by atoms with Crippen LogP contribution in [0.4, 0.5) is 17.6 Å². The van der Waals surface area contributed by atoms with Crippen LogP contribution in [0.15, 0.2) is 42.5 Å². The first-order valence-corrected chi connectivity index (χ1v) is 6.24. The molecule has 6 heteroatoms. The molecule has 112 valence electrons. The Bertz CT molecular complexity index is 625. The molecule has 0 saturated carbocycles. The third-order valence-electron chi connectivity index (χ3n) is 2.89. The van der Waals surface area contributed by atoms with Gasteiger partial charge in [0.2, 0.25) is 0 Å². The highest BCUT2D eigenvalue weighted by Gasteiger charge is 2.32. The lowest BCUT2D eigenvalue weighted by atomic mass is 10.0. The minimum Gasteiger partial charge on any atom is -0.405 e. The quantitative estimate of drug-likeness (QED) is 0.869. The van der Waals surface area contributed by atoms with Gasteiger partial charge in [0.05, 0.1) is 0 Å². The molecule has 0 unspecified atom stereocenters. The van der Waals surface area contributed by atoms with Gasteiger partial charge in [0.15, 0.2) is 0 Å². The van der Waals surface area contributed by atoms with E-state index >= 15 is 0 Å². The van der Waals surface area contributed by atoms with Crippen LogP contribution in [0.2, 0.25) is 0 Å². The first-order chi connectivity index (χ1) is 9.90. The van der Waals surface area contributed by atoms with Gasteiger partial charge in [-0.1, -0.05) is 30.3 Å². The van der Waals surface area contributed by atoms with E-state index in [1.54, 1.807) is 12.1 Å². The summed E-state index contributed by atoms with van der Waals surface area (Å²) in [6.45, 7) is 0.296. The third-order valence-corrected chi connectivity index (χ3v) is 2.89. The molecule has 0 fully saturated rings. The molecule has 0 saturated heterocycles. The van der Waals surface area contributed by atoms with Gasteiger partial charge in [-0.05, 0) is 36.2 Å². The van der Waals surface area contributed by atoms with Crippen molar-refractivity contribution in [2.75, 3.05) is 6.54 Å². The molecular formula is C15H13F4NO. The average molecular weight is 299 g/mol. The predicted molar refractivity (Wildman–Crippen MR) is 71.3 cm³/mol. The number of para-hydroxylation sites is 1. The van der Waals surface area contributed by atoms with E-state index in [1.165, 1.54) is 30.3 Å². The van der Waals surface area contributed by atoms with Gasteiger partial charge in [0.1, 0.15) is 11.6 Å². The Kier molecular flexibility index (Phi) is 4.47. The number of hydrogen-bond donors (Lipinski definition) is 1. The molecule has 2 rings (SSSR count). The maximum atomic E-state index is 13.9. The van der Waals surface area contributed by atoms with Crippen LogP contribution in [0, 0.1) is 5.82 Å².